The maximum atomic E-state index is 12.4. The lowest BCUT2D eigenvalue weighted by molar-refractivity contribution is -0.137. The summed E-state index contributed by atoms with van der Waals surface area (Å²) in [7, 11) is 0. The van der Waals surface area contributed by atoms with E-state index in [-0.39, 0.29) is 5.56 Å². The van der Waals surface area contributed by atoms with Gasteiger partial charge in [0.2, 0.25) is 0 Å². The van der Waals surface area contributed by atoms with Gasteiger partial charge in [-0.05, 0) is 52.9 Å². The molecule has 3 aromatic carbocycles. The monoisotopic (exact) mass is 478 g/mol. The van der Waals surface area contributed by atoms with Gasteiger partial charge in [0, 0.05) is 25.5 Å². The predicted molar refractivity (Wildman–Crippen MR) is 130 cm³/mol. The van der Waals surface area contributed by atoms with Crippen molar-refractivity contribution >= 4 is 17.3 Å². The first-order valence-electron chi connectivity index (χ1n) is 10.9. The minimum absolute atomic E-state index is 0.0576. The Morgan fingerprint density at radius 3 is 2.37 bits per heavy atom. The number of carboxylic acids is 1. The number of benzene rings is 3. The summed E-state index contributed by atoms with van der Waals surface area (Å²) in [6.07, 6.45) is 0.625. The maximum Gasteiger partial charge on any atom is 0.416 e. The standard InChI is InChI=1S/C14H9F3O2.C13H14N3/c15-14(16,17)10-7-5-9(6-8-10)11-3-1-2-4-12(11)13(18)19;14-12-2-1-11-9-16(6-4-10(11)7-12)13-3-5-15-8-13/h1-8H,(H,18,19);1-3,5,7-8,14-15H,4,6,9H2/q;-1. The normalized spacial score (nSPS) is 12.9. The summed E-state index contributed by atoms with van der Waals surface area (Å²) in [6.45, 7) is 1.99. The van der Waals surface area contributed by atoms with Gasteiger partial charge in [-0.25, -0.2) is 4.79 Å². The molecule has 0 unspecified atom stereocenters. The Morgan fingerprint density at radius 2 is 1.71 bits per heavy atom. The van der Waals surface area contributed by atoms with E-state index in [1.165, 1.54) is 35.0 Å². The van der Waals surface area contributed by atoms with Gasteiger partial charge in [-0.2, -0.15) is 13.2 Å². The van der Waals surface area contributed by atoms with Gasteiger partial charge in [0.1, 0.15) is 0 Å². The lowest BCUT2D eigenvalue weighted by Gasteiger charge is -2.30. The second-order valence-corrected chi connectivity index (χ2v) is 8.15. The van der Waals surface area contributed by atoms with Crippen molar-refractivity contribution in [3.8, 4) is 11.1 Å². The molecule has 0 aliphatic carbocycles. The fourth-order valence-corrected chi connectivity index (χ4v) is 4.05. The van der Waals surface area contributed by atoms with Crippen LogP contribution in [-0.2, 0) is 19.1 Å². The van der Waals surface area contributed by atoms with Crippen molar-refractivity contribution in [3.05, 3.63) is 113 Å². The van der Waals surface area contributed by atoms with E-state index in [0.29, 0.717) is 16.8 Å². The third-order valence-electron chi connectivity index (χ3n) is 5.85. The Bertz CT molecular complexity index is 1300. The summed E-state index contributed by atoms with van der Waals surface area (Å²) in [5, 5.41) is 9.03. The van der Waals surface area contributed by atoms with Crippen LogP contribution in [0.5, 0.6) is 0 Å². The Morgan fingerprint density at radius 1 is 0.971 bits per heavy atom. The van der Waals surface area contributed by atoms with E-state index in [1.807, 2.05) is 24.5 Å². The lowest BCUT2D eigenvalue weighted by atomic mass is 9.99. The summed E-state index contributed by atoms with van der Waals surface area (Å²) >= 11 is 0. The molecule has 8 heteroatoms. The number of aromatic carboxylic acids is 1. The molecule has 0 spiro atoms. The van der Waals surface area contributed by atoms with Gasteiger partial charge in [0.15, 0.2) is 0 Å². The Kier molecular flexibility index (Phi) is 6.82. The number of alkyl halides is 3. The molecule has 0 fully saturated rings. The van der Waals surface area contributed by atoms with Crippen LogP contribution in [0, 0.1) is 0 Å². The summed E-state index contributed by atoms with van der Waals surface area (Å²) in [5.74, 6) is -1.12. The quantitative estimate of drug-likeness (QED) is 0.323. The third kappa shape index (κ3) is 5.66. The fraction of sp³-hybridized carbons (Fsp3) is 0.148. The van der Waals surface area contributed by atoms with E-state index < -0.39 is 17.7 Å². The van der Waals surface area contributed by atoms with Crippen molar-refractivity contribution in [3.63, 3.8) is 0 Å². The molecule has 3 N–H and O–H groups in total. The predicted octanol–water partition coefficient (Wildman–Crippen LogP) is 7.33. The van der Waals surface area contributed by atoms with Gasteiger partial charge in [0.25, 0.3) is 0 Å². The van der Waals surface area contributed by atoms with Gasteiger partial charge >= 0.3 is 12.1 Å². The van der Waals surface area contributed by atoms with Crippen molar-refractivity contribution < 1.29 is 23.1 Å². The number of nitrogens with zero attached hydrogens (tertiary/aromatic N) is 1. The van der Waals surface area contributed by atoms with E-state index in [0.717, 1.165) is 31.6 Å². The molecule has 1 aromatic heterocycles. The van der Waals surface area contributed by atoms with Crippen molar-refractivity contribution in [1.82, 2.24) is 4.98 Å². The molecule has 0 saturated heterocycles. The summed E-state index contributed by atoms with van der Waals surface area (Å²) < 4.78 is 37.3. The van der Waals surface area contributed by atoms with Crippen LogP contribution in [-0.4, -0.2) is 22.6 Å². The molecule has 180 valence electrons. The number of H-pyrrole nitrogens is 1. The van der Waals surface area contributed by atoms with Gasteiger partial charge in [0.05, 0.1) is 16.8 Å². The Hall–Kier alpha value is -4.20. The van der Waals surface area contributed by atoms with E-state index in [9.17, 15) is 18.0 Å². The Balaban J connectivity index is 0.000000167. The highest BCUT2D eigenvalue weighted by molar-refractivity contribution is 5.96. The number of carbonyl (C=O) groups is 1. The summed E-state index contributed by atoms with van der Waals surface area (Å²) in [6, 6.07) is 18.6. The number of aromatic nitrogens is 1. The number of carboxylic acid groups (broad SMARTS) is 1. The molecule has 2 heterocycles. The second-order valence-electron chi connectivity index (χ2n) is 8.15. The van der Waals surface area contributed by atoms with Crippen LogP contribution in [0.3, 0.4) is 0 Å². The average Bonchev–Trinajstić information content (AvgIpc) is 3.39. The number of anilines is 1. The SMILES string of the molecule is O=C(O)c1ccccc1-c1ccc(C(F)(F)F)cc1.[NH-]c1ccc2c(c1)CCN(c1cc[nH]c1)C2. The first-order chi connectivity index (χ1) is 16.7. The van der Waals surface area contributed by atoms with Crippen molar-refractivity contribution in [2.75, 3.05) is 11.4 Å². The number of aromatic amines is 1. The molecule has 0 amide bonds. The number of hydrogen-bond acceptors (Lipinski definition) is 2. The van der Waals surface area contributed by atoms with Crippen LogP contribution >= 0.6 is 0 Å². The van der Waals surface area contributed by atoms with E-state index in [4.69, 9.17) is 10.8 Å². The van der Waals surface area contributed by atoms with Crippen LogP contribution < -0.4 is 4.90 Å². The zero-order valence-electron chi connectivity index (χ0n) is 18.6. The summed E-state index contributed by atoms with van der Waals surface area (Å²) in [4.78, 5) is 16.5. The van der Waals surface area contributed by atoms with Crippen LogP contribution in [0.2, 0.25) is 0 Å². The molecule has 0 bridgehead atoms. The molecule has 4 aromatic rings. The summed E-state index contributed by atoms with van der Waals surface area (Å²) in [5.41, 5.74) is 12.3. The zero-order valence-corrected chi connectivity index (χ0v) is 18.6. The lowest BCUT2D eigenvalue weighted by Crippen LogP contribution is -2.29. The molecule has 5 rings (SSSR count). The number of nitrogens with one attached hydrogen (secondary N) is 2. The largest absolute Gasteiger partial charge is 0.699 e. The minimum atomic E-state index is -4.40. The van der Waals surface area contributed by atoms with Gasteiger partial charge in [-0.3, -0.25) is 0 Å². The van der Waals surface area contributed by atoms with E-state index >= 15 is 0 Å². The second kappa shape index (κ2) is 9.97. The van der Waals surface area contributed by atoms with Gasteiger partial charge in [-0.1, -0.05) is 48.5 Å². The number of hydrogen-bond donors (Lipinski definition) is 2. The Labute approximate surface area is 200 Å². The van der Waals surface area contributed by atoms with Crippen LogP contribution in [0.1, 0.15) is 27.0 Å². The molecule has 0 radical (unpaired) electrons. The van der Waals surface area contributed by atoms with Gasteiger partial charge < -0.3 is 20.7 Å². The highest BCUT2D eigenvalue weighted by Gasteiger charge is 2.30. The topological polar surface area (TPSA) is 80.1 Å². The maximum absolute atomic E-state index is 12.4. The third-order valence-corrected chi connectivity index (χ3v) is 5.85. The molecule has 1 aliphatic heterocycles. The van der Waals surface area contributed by atoms with E-state index in [1.54, 1.807) is 18.2 Å². The molecule has 0 atom stereocenters. The number of halogens is 3. The molecular formula is C27H23F3N3O2-. The van der Waals surface area contributed by atoms with Crippen molar-refractivity contribution in [1.29, 1.82) is 0 Å². The zero-order chi connectivity index (χ0) is 25.0. The van der Waals surface area contributed by atoms with Crippen molar-refractivity contribution in [2.24, 2.45) is 0 Å². The smallest absolute Gasteiger partial charge is 0.416 e. The van der Waals surface area contributed by atoms with Crippen LogP contribution in [0.15, 0.2) is 85.2 Å². The van der Waals surface area contributed by atoms with Gasteiger partial charge in [-0.15, -0.1) is 5.69 Å². The molecule has 0 saturated carbocycles. The fourth-order valence-electron chi connectivity index (χ4n) is 4.05. The highest BCUT2D eigenvalue weighted by Crippen LogP contribution is 2.32. The van der Waals surface area contributed by atoms with Crippen LogP contribution in [0.4, 0.5) is 24.5 Å². The molecule has 35 heavy (non-hydrogen) atoms. The number of rotatable bonds is 3. The molecular weight excluding hydrogens is 455 g/mol. The first kappa shape index (κ1) is 23.9. The van der Waals surface area contributed by atoms with Crippen molar-refractivity contribution in [2.45, 2.75) is 19.1 Å². The van der Waals surface area contributed by atoms with Crippen LogP contribution in [0.25, 0.3) is 16.9 Å². The minimum Gasteiger partial charge on any atom is -0.699 e. The number of fused-ring (bicyclic) bond motifs is 1. The highest BCUT2D eigenvalue weighted by atomic mass is 19.4. The molecule has 1 aliphatic rings. The molecule has 5 nitrogen and oxygen atoms in total. The van der Waals surface area contributed by atoms with E-state index in [2.05, 4.69) is 22.0 Å². The average molecular weight is 478 g/mol. The first-order valence-corrected chi connectivity index (χ1v) is 10.9.